The highest BCUT2D eigenvalue weighted by Crippen LogP contribution is 2.62. The van der Waals surface area contributed by atoms with Crippen LogP contribution in [-0.2, 0) is 25.6 Å². The molecule has 2 aliphatic carbocycles. The highest BCUT2D eigenvalue weighted by molar-refractivity contribution is 6.03. The van der Waals surface area contributed by atoms with Crippen LogP contribution in [0.4, 0.5) is 4.79 Å². The summed E-state index contributed by atoms with van der Waals surface area (Å²) in [5, 5.41) is 27.0. The Morgan fingerprint density at radius 3 is 2.62 bits per heavy atom. The van der Waals surface area contributed by atoms with Gasteiger partial charge in [0.05, 0.1) is 38.5 Å². The fraction of sp³-hybridized carbons (Fsp3) is 0.551. The maximum atomic E-state index is 14.5. The Hall–Kier alpha value is -4.46. The van der Waals surface area contributed by atoms with Crippen molar-refractivity contribution in [3.8, 4) is 11.5 Å². The van der Waals surface area contributed by atoms with E-state index < -0.39 is 30.1 Å². The van der Waals surface area contributed by atoms with Crippen LogP contribution >= 0.6 is 0 Å². The summed E-state index contributed by atoms with van der Waals surface area (Å²) >= 11 is 0. The summed E-state index contributed by atoms with van der Waals surface area (Å²) in [6.07, 6.45) is 10.8. The molecule has 1 saturated carbocycles. The molecule has 0 aromatic heterocycles. The second kappa shape index (κ2) is 20.2. The van der Waals surface area contributed by atoms with Gasteiger partial charge in [0.2, 0.25) is 12.1 Å². The number of oxime groups is 1. The van der Waals surface area contributed by atoms with E-state index >= 15 is 0 Å². The molecule has 8 rings (SSSR count). The molecule has 1 amide bonds. The van der Waals surface area contributed by atoms with Crippen LogP contribution in [0.25, 0.3) is 10.8 Å². The van der Waals surface area contributed by atoms with Gasteiger partial charge >= 0.3 is 6.09 Å². The maximum absolute atomic E-state index is 14.5. The Kier molecular flexibility index (Phi) is 14.3. The van der Waals surface area contributed by atoms with Crippen molar-refractivity contribution in [2.24, 2.45) is 22.9 Å². The Balaban J connectivity index is 1.32. The number of aliphatic hydroxyl groups excluding tert-OH is 2. The van der Waals surface area contributed by atoms with Crippen LogP contribution in [0.2, 0.25) is 0 Å². The van der Waals surface area contributed by atoms with E-state index in [-0.39, 0.29) is 50.5 Å². The Morgan fingerprint density at radius 2 is 1.85 bits per heavy atom. The number of aliphatic hydroxyl groups is 2. The Bertz CT molecular complexity index is 2020. The summed E-state index contributed by atoms with van der Waals surface area (Å²) in [6.45, 7) is 8.96. The van der Waals surface area contributed by atoms with Crippen LogP contribution in [0.3, 0.4) is 0 Å². The zero-order valence-electron chi connectivity index (χ0n) is 35.6. The van der Waals surface area contributed by atoms with Gasteiger partial charge in [-0.1, -0.05) is 72.6 Å². The minimum absolute atomic E-state index is 0.0911. The normalized spacial score (nSPS) is 27.3. The van der Waals surface area contributed by atoms with Gasteiger partial charge < -0.3 is 38.7 Å². The van der Waals surface area contributed by atoms with Gasteiger partial charge in [-0.25, -0.2) is 4.79 Å². The smallest absolute Gasteiger partial charge is 0.410 e. The molecule has 7 atom stereocenters. The van der Waals surface area contributed by atoms with Gasteiger partial charge in [-0.2, -0.15) is 0 Å². The number of allylic oxidation sites excluding steroid dienone is 1. The van der Waals surface area contributed by atoms with Crippen LogP contribution in [0.5, 0.6) is 11.5 Å². The van der Waals surface area contributed by atoms with Crippen LogP contribution in [0.15, 0.2) is 90.1 Å². The first-order valence-corrected chi connectivity index (χ1v) is 22.5. The van der Waals surface area contributed by atoms with Crippen LogP contribution < -0.4 is 9.47 Å². The predicted octanol–water partition coefficient (Wildman–Crippen LogP) is 7.96. The molecular weight excluding hydrogens is 775 g/mol. The Morgan fingerprint density at radius 1 is 1.03 bits per heavy atom. The number of methoxy groups -OCH3 is 1. The molecule has 61 heavy (non-hydrogen) atoms. The topological polar surface area (TPSA) is 132 Å². The van der Waals surface area contributed by atoms with E-state index in [9.17, 15) is 15.0 Å². The van der Waals surface area contributed by atoms with E-state index in [0.717, 1.165) is 104 Å². The quantitative estimate of drug-likeness (QED) is 0.0500. The van der Waals surface area contributed by atoms with Crippen LogP contribution in [0.1, 0.15) is 81.3 Å². The third-order valence-electron chi connectivity index (χ3n) is 13.3. The zero-order valence-corrected chi connectivity index (χ0v) is 35.6. The van der Waals surface area contributed by atoms with E-state index in [1.54, 1.807) is 11.0 Å². The maximum Gasteiger partial charge on any atom is 0.410 e. The lowest BCUT2D eigenvalue weighted by Gasteiger charge is -2.59. The summed E-state index contributed by atoms with van der Waals surface area (Å²) < 4.78 is 32.6. The summed E-state index contributed by atoms with van der Waals surface area (Å²) in [7, 11) is 1.42. The van der Waals surface area contributed by atoms with E-state index in [0.29, 0.717) is 31.8 Å². The Labute approximate surface area is 360 Å². The number of benzene rings is 3. The van der Waals surface area contributed by atoms with Gasteiger partial charge in [-0.05, 0) is 90.5 Å². The lowest BCUT2D eigenvalue weighted by atomic mass is 9.55. The highest BCUT2D eigenvalue weighted by atomic mass is 16.8. The van der Waals surface area contributed by atoms with Gasteiger partial charge in [0, 0.05) is 57.2 Å². The minimum Gasteiger partial charge on any atom is -0.492 e. The van der Waals surface area contributed by atoms with Gasteiger partial charge in [0.25, 0.3) is 0 Å². The minimum atomic E-state index is -1.41. The average Bonchev–Trinajstić information content (AvgIpc) is 4.13. The molecule has 3 fully saturated rings. The van der Waals surface area contributed by atoms with Crippen LogP contribution in [-0.4, -0.2) is 110 Å². The number of carbonyl (C=O) groups is 1. The summed E-state index contributed by atoms with van der Waals surface area (Å²) in [6, 6.07) is 19.7. The first kappa shape index (κ1) is 43.2. The molecule has 3 aliphatic heterocycles. The molecule has 2 saturated heterocycles. The van der Waals surface area contributed by atoms with Gasteiger partial charge in [0.15, 0.2) is 0 Å². The SMILES string of the molecule is C=CCOC12Oc3ccc(OCCN4CC4)cc3C3C(CCCCO)C(CCCCO)C=C(C(=NOC4CCCCO4)CC1N(Cc1cccc4ccccc14)C(=O)OC)C32. The standard InChI is InChI=1S/C49H63N3O9/c1-3-27-59-49-44(52(48(55)56-2)33-36-16-12-15-34-13-4-5-17-38(34)36)32-42(50-61-45-19-8-11-28-58-45)40-30-35(14-6-9-25-53)39(18-7-10-26-54)46(47(40)49)41-31-37(20-21-43(41)60-49)57-29-24-51-22-23-51/h3-5,12-13,15-17,20-21,30-31,35,39,44-47,53-54H,1,6-11,14,18-19,22-29,32-33H2,2H3. The number of rotatable bonds is 20. The van der Waals surface area contributed by atoms with Gasteiger partial charge in [-0.3, -0.25) is 9.80 Å². The first-order valence-electron chi connectivity index (χ1n) is 22.5. The summed E-state index contributed by atoms with van der Waals surface area (Å²) in [5.41, 5.74) is 3.68. The number of amides is 1. The molecule has 5 aliphatic rings. The zero-order chi connectivity index (χ0) is 42.2. The average molecular weight is 838 g/mol. The van der Waals surface area contributed by atoms with Gasteiger partial charge in [0.1, 0.15) is 24.1 Å². The molecule has 12 heteroatoms. The van der Waals surface area contributed by atoms with Crippen molar-refractivity contribution >= 4 is 22.6 Å². The molecule has 3 heterocycles. The van der Waals surface area contributed by atoms with E-state index in [1.807, 2.05) is 30.3 Å². The van der Waals surface area contributed by atoms with Crippen LogP contribution in [0, 0.1) is 17.8 Å². The largest absolute Gasteiger partial charge is 0.492 e. The second-order valence-corrected chi connectivity index (χ2v) is 17.1. The summed E-state index contributed by atoms with van der Waals surface area (Å²) in [4.78, 5) is 24.9. The molecule has 0 spiro atoms. The third-order valence-corrected chi connectivity index (χ3v) is 13.3. The number of hydrogen-bond donors (Lipinski definition) is 2. The van der Waals surface area contributed by atoms with E-state index in [4.69, 9.17) is 33.7 Å². The van der Waals surface area contributed by atoms with Crippen molar-refractivity contribution in [1.29, 1.82) is 0 Å². The van der Waals surface area contributed by atoms with E-state index in [1.165, 1.54) is 7.11 Å². The highest BCUT2D eigenvalue weighted by Gasteiger charge is 2.65. The number of nitrogens with zero attached hydrogens (tertiary/aromatic N) is 3. The van der Waals surface area contributed by atoms with Crippen molar-refractivity contribution in [1.82, 2.24) is 9.80 Å². The lowest BCUT2D eigenvalue weighted by Crippen LogP contribution is -2.70. The number of ether oxygens (including phenoxy) is 5. The first-order chi connectivity index (χ1) is 30.0. The monoisotopic (exact) mass is 837 g/mol. The molecule has 328 valence electrons. The predicted molar refractivity (Wildman–Crippen MR) is 233 cm³/mol. The van der Waals surface area contributed by atoms with Crippen molar-refractivity contribution in [2.75, 3.05) is 59.8 Å². The van der Waals surface area contributed by atoms with Crippen molar-refractivity contribution < 1.29 is 43.5 Å². The fourth-order valence-corrected chi connectivity index (χ4v) is 10.3. The third kappa shape index (κ3) is 9.49. The molecule has 3 aromatic rings. The number of fused-ring (bicyclic) bond motifs is 3. The van der Waals surface area contributed by atoms with E-state index in [2.05, 4.69) is 47.9 Å². The van der Waals surface area contributed by atoms with Crippen molar-refractivity contribution in [3.05, 3.63) is 96.1 Å². The molecule has 2 N–H and O–H groups in total. The molecule has 7 unspecified atom stereocenters. The molecule has 12 nitrogen and oxygen atoms in total. The van der Waals surface area contributed by atoms with Crippen molar-refractivity contribution in [2.45, 2.75) is 94.8 Å². The second-order valence-electron chi connectivity index (χ2n) is 17.1. The molecule has 0 radical (unpaired) electrons. The van der Waals surface area contributed by atoms with Crippen molar-refractivity contribution in [3.63, 3.8) is 0 Å². The van der Waals surface area contributed by atoms with Gasteiger partial charge in [-0.15, -0.1) is 6.58 Å². The lowest BCUT2D eigenvalue weighted by molar-refractivity contribution is -0.256. The summed E-state index contributed by atoms with van der Waals surface area (Å²) in [5.74, 6) is -0.378. The molecule has 0 bridgehead atoms. The number of unbranched alkanes of at least 4 members (excludes halogenated alkanes) is 2. The molecule has 3 aromatic carbocycles. The molecular formula is C49H63N3O9. The number of carbonyl (C=O) groups excluding carboxylic acids is 1. The number of hydrogen-bond acceptors (Lipinski definition) is 11. The fourth-order valence-electron chi connectivity index (χ4n) is 10.3.